The number of hydrogen-bond donors (Lipinski definition) is 3. The number of benzene rings is 1. The zero-order valence-electron chi connectivity index (χ0n) is 14.8. The normalized spacial score (nSPS) is 24.4. The smallest absolute Gasteiger partial charge is 0.0832 e. The van der Waals surface area contributed by atoms with E-state index in [9.17, 15) is 5.11 Å². The van der Waals surface area contributed by atoms with Crippen molar-refractivity contribution >= 4 is 0 Å². The first-order chi connectivity index (χ1) is 12.2. The van der Waals surface area contributed by atoms with E-state index in [0.717, 1.165) is 38.0 Å². The van der Waals surface area contributed by atoms with Crippen molar-refractivity contribution in [2.75, 3.05) is 13.1 Å². The van der Waals surface area contributed by atoms with Gasteiger partial charge in [-0.2, -0.15) is 0 Å². The molecule has 25 heavy (non-hydrogen) atoms. The minimum atomic E-state index is -0.387. The Morgan fingerprint density at radius 3 is 2.72 bits per heavy atom. The molecule has 0 bridgehead atoms. The van der Waals surface area contributed by atoms with Crippen molar-refractivity contribution in [2.24, 2.45) is 0 Å². The number of rotatable bonds is 4. The summed E-state index contributed by atoms with van der Waals surface area (Å²) in [5.41, 5.74) is 4.74. The zero-order valence-corrected chi connectivity index (χ0v) is 14.8. The van der Waals surface area contributed by atoms with Crippen LogP contribution in [-0.2, 0) is 18.4 Å². The van der Waals surface area contributed by atoms with E-state index in [2.05, 4.69) is 58.9 Å². The standard InChI is InChI=1S/C21H27N3O/c1-2-15-7-8-16(23-13-15)14-24-19-17-5-3-4-6-18(17)21(20(19)25)9-11-22-12-10-21/h3-8,13,19-20,22,24-25H,2,9-12,14H2,1H3/t19-,20+/m0/s1. The molecule has 0 saturated carbocycles. The number of nitrogens with one attached hydrogen (secondary N) is 2. The lowest BCUT2D eigenvalue weighted by atomic mass is 9.72. The second-order valence-corrected chi connectivity index (χ2v) is 7.31. The zero-order chi connectivity index (χ0) is 17.3. The fourth-order valence-corrected chi connectivity index (χ4v) is 4.51. The molecule has 4 heteroatoms. The van der Waals surface area contributed by atoms with Gasteiger partial charge in [0.15, 0.2) is 0 Å². The Morgan fingerprint density at radius 2 is 2.00 bits per heavy atom. The van der Waals surface area contributed by atoms with Crippen molar-refractivity contribution in [3.8, 4) is 0 Å². The van der Waals surface area contributed by atoms with Gasteiger partial charge in [0.1, 0.15) is 0 Å². The Morgan fingerprint density at radius 1 is 1.20 bits per heavy atom. The average Bonchev–Trinajstić information content (AvgIpc) is 2.90. The van der Waals surface area contributed by atoms with Crippen molar-refractivity contribution in [3.63, 3.8) is 0 Å². The highest BCUT2D eigenvalue weighted by Crippen LogP contribution is 2.50. The van der Waals surface area contributed by atoms with Crippen LogP contribution in [0.1, 0.15) is 48.2 Å². The summed E-state index contributed by atoms with van der Waals surface area (Å²) in [7, 11) is 0. The van der Waals surface area contributed by atoms with Crippen LogP contribution in [0.25, 0.3) is 0 Å². The van der Waals surface area contributed by atoms with Gasteiger partial charge in [-0.15, -0.1) is 0 Å². The lowest BCUT2D eigenvalue weighted by Crippen LogP contribution is -2.47. The van der Waals surface area contributed by atoms with E-state index in [0.29, 0.717) is 6.54 Å². The van der Waals surface area contributed by atoms with E-state index in [1.54, 1.807) is 0 Å². The van der Waals surface area contributed by atoms with Crippen molar-refractivity contribution in [3.05, 3.63) is 65.0 Å². The molecule has 132 valence electrons. The van der Waals surface area contributed by atoms with Crippen LogP contribution >= 0.6 is 0 Å². The van der Waals surface area contributed by atoms with Crippen LogP contribution in [0.4, 0.5) is 0 Å². The maximum absolute atomic E-state index is 11.2. The third kappa shape index (κ3) is 2.88. The van der Waals surface area contributed by atoms with Gasteiger partial charge in [0, 0.05) is 18.2 Å². The van der Waals surface area contributed by atoms with Gasteiger partial charge in [-0.25, -0.2) is 0 Å². The van der Waals surface area contributed by atoms with Crippen LogP contribution in [0.5, 0.6) is 0 Å². The number of pyridine rings is 1. The summed E-state index contributed by atoms with van der Waals surface area (Å²) in [5.74, 6) is 0. The highest BCUT2D eigenvalue weighted by molar-refractivity contribution is 5.45. The highest BCUT2D eigenvalue weighted by atomic mass is 16.3. The van der Waals surface area contributed by atoms with Gasteiger partial charge in [0.2, 0.25) is 0 Å². The summed E-state index contributed by atoms with van der Waals surface area (Å²) in [6, 6.07) is 12.7. The third-order valence-corrected chi connectivity index (χ3v) is 6.01. The molecule has 0 unspecified atom stereocenters. The fraction of sp³-hybridized carbons (Fsp3) is 0.476. The maximum Gasteiger partial charge on any atom is 0.0832 e. The predicted octanol–water partition coefficient (Wildman–Crippen LogP) is 2.47. The number of aromatic nitrogens is 1. The first kappa shape index (κ1) is 16.7. The van der Waals surface area contributed by atoms with E-state index in [-0.39, 0.29) is 17.6 Å². The summed E-state index contributed by atoms with van der Waals surface area (Å²) < 4.78 is 0. The molecular formula is C21H27N3O. The molecule has 1 saturated heterocycles. The molecule has 2 heterocycles. The van der Waals surface area contributed by atoms with Gasteiger partial charge in [-0.1, -0.05) is 37.3 Å². The topological polar surface area (TPSA) is 57.2 Å². The van der Waals surface area contributed by atoms with Crippen LogP contribution in [0.15, 0.2) is 42.6 Å². The molecule has 0 amide bonds. The highest BCUT2D eigenvalue weighted by Gasteiger charge is 2.51. The van der Waals surface area contributed by atoms with Crippen LogP contribution in [0.2, 0.25) is 0 Å². The molecule has 4 rings (SSSR count). The molecule has 2 aliphatic rings. The number of hydrogen-bond acceptors (Lipinski definition) is 4. The Kier molecular flexibility index (Phi) is 4.59. The largest absolute Gasteiger partial charge is 0.390 e. The molecule has 1 aliphatic heterocycles. The fourth-order valence-electron chi connectivity index (χ4n) is 4.51. The average molecular weight is 337 g/mol. The number of aliphatic hydroxyl groups excluding tert-OH is 1. The summed E-state index contributed by atoms with van der Waals surface area (Å²) in [6.07, 6.45) is 4.55. The van der Waals surface area contributed by atoms with E-state index in [1.165, 1.54) is 16.7 Å². The summed E-state index contributed by atoms with van der Waals surface area (Å²) >= 11 is 0. The molecule has 4 nitrogen and oxygen atoms in total. The van der Waals surface area contributed by atoms with Gasteiger partial charge in [0.25, 0.3) is 0 Å². The molecule has 1 aromatic heterocycles. The second-order valence-electron chi connectivity index (χ2n) is 7.31. The Bertz CT molecular complexity index is 722. The first-order valence-electron chi connectivity index (χ1n) is 9.40. The molecule has 1 aromatic carbocycles. The van der Waals surface area contributed by atoms with Crippen molar-refractivity contribution < 1.29 is 5.11 Å². The van der Waals surface area contributed by atoms with Crippen molar-refractivity contribution in [1.29, 1.82) is 0 Å². The third-order valence-electron chi connectivity index (χ3n) is 6.01. The van der Waals surface area contributed by atoms with Crippen LogP contribution in [-0.4, -0.2) is 29.3 Å². The molecule has 1 fully saturated rings. The Hall–Kier alpha value is -1.75. The molecule has 1 aliphatic carbocycles. The molecule has 1 spiro atoms. The van der Waals surface area contributed by atoms with E-state index < -0.39 is 0 Å². The lowest BCUT2D eigenvalue weighted by Gasteiger charge is -2.39. The Balaban J connectivity index is 1.57. The van der Waals surface area contributed by atoms with E-state index in [4.69, 9.17) is 0 Å². The van der Waals surface area contributed by atoms with Gasteiger partial charge in [-0.05, 0) is 55.1 Å². The minimum Gasteiger partial charge on any atom is -0.390 e. The van der Waals surface area contributed by atoms with E-state index >= 15 is 0 Å². The monoisotopic (exact) mass is 337 g/mol. The molecule has 3 N–H and O–H groups in total. The van der Waals surface area contributed by atoms with Crippen LogP contribution in [0, 0.1) is 0 Å². The molecule has 2 aromatic rings. The van der Waals surface area contributed by atoms with Gasteiger partial charge in [-0.3, -0.25) is 4.98 Å². The van der Waals surface area contributed by atoms with Gasteiger partial charge in [0.05, 0.1) is 17.8 Å². The number of nitrogens with zero attached hydrogens (tertiary/aromatic N) is 1. The molecule has 0 radical (unpaired) electrons. The quantitative estimate of drug-likeness (QED) is 0.802. The number of aryl methyl sites for hydroxylation is 1. The molecular weight excluding hydrogens is 310 g/mol. The van der Waals surface area contributed by atoms with Crippen molar-refractivity contribution in [2.45, 2.75) is 50.3 Å². The number of fused-ring (bicyclic) bond motifs is 2. The first-order valence-corrected chi connectivity index (χ1v) is 9.40. The van der Waals surface area contributed by atoms with E-state index in [1.807, 2.05) is 6.20 Å². The molecule has 2 atom stereocenters. The maximum atomic E-state index is 11.2. The number of aliphatic hydroxyl groups is 1. The Labute approximate surface area is 149 Å². The second kappa shape index (κ2) is 6.87. The SMILES string of the molecule is CCc1ccc(CN[C@H]2c3ccccc3C3(CCNCC3)[C@@H]2O)nc1. The summed E-state index contributed by atoms with van der Waals surface area (Å²) in [5, 5.41) is 18.2. The predicted molar refractivity (Wildman–Crippen MR) is 99.4 cm³/mol. The van der Waals surface area contributed by atoms with Crippen LogP contribution < -0.4 is 10.6 Å². The van der Waals surface area contributed by atoms with Gasteiger partial charge >= 0.3 is 0 Å². The lowest BCUT2D eigenvalue weighted by molar-refractivity contribution is 0.0438. The minimum absolute atomic E-state index is 0.0260. The number of piperidine rings is 1. The van der Waals surface area contributed by atoms with Crippen molar-refractivity contribution in [1.82, 2.24) is 15.6 Å². The van der Waals surface area contributed by atoms with Crippen LogP contribution in [0.3, 0.4) is 0 Å². The summed E-state index contributed by atoms with van der Waals surface area (Å²) in [4.78, 5) is 4.54. The summed E-state index contributed by atoms with van der Waals surface area (Å²) in [6.45, 7) is 4.75. The van der Waals surface area contributed by atoms with Gasteiger partial charge < -0.3 is 15.7 Å².